The van der Waals surface area contributed by atoms with Crippen molar-refractivity contribution in [3.05, 3.63) is 52.7 Å². The number of nitrogens with one attached hydrogen (secondary N) is 1. The Kier molecular flexibility index (Phi) is 3.20. The van der Waals surface area contributed by atoms with Crippen LogP contribution in [-0.2, 0) is 12.8 Å². The third-order valence-corrected chi connectivity index (χ3v) is 3.61. The van der Waals surface area contributed by atoms with E-state index in [2.05, 4.69) is 28.5 Å². The number of fused-ring (bicyclic) bond motifs is 1. The highest BCUT2D eigenvalue weighted by molar-refractivity contribution is 6.30. The van der Waals surface area contributed by atoms with Gasteiger partial charge in [-0.3, -0.25) is 0 Å². The standard InChI is InChI=1S/C15H15ClN2/c16-12-8-9-15(17-10-12)18-14-7-3-5-11-4-1-2-6-13(11)14/h3,5,7-10H,1-2,4,6H2,(H,17,18). The molecule has 0 spiro atoms. The summed E-state index contributed by atoms with van der Waals surface area (Å²) in [5.41, 5.74) is 4.10. The van der Waals surface area contributed by atoms with Gasteiger partial charge in [0.05, 0.1) is 5.02 Å². The maximum atomic E-state index is 5.84. The monoisotopic (exact) mass is 258 g/mol. The Hall–Kier alpha value is -1.54. The molecule has 0 atom stereocenters. The van der Waals surface area contributed by atoms with Crippen LogP contribution in [-0.4, -0.2) is 4.98 Å². The van der Waals surface area contributed by atoms with Gasteiger partial charge in [0, 0.05) is 11.9 Å². The van der Waals surface area contributed by atoms with Crippen molar-refractivity contribution in [3.63, 3.8) is 0 Å². The van der Waals surface area contributed by atoms with Crippen LogP contribution >= 0.6 is 11.6 Å². The third kappa shape index (κ3) is 2.34. The van der Waals surface area contributed by atoms with Crippen molar-refractivity contribution >= 4 is 23.1 Å². The van der Waals surface area contributed by atoms with Crippen LogP contribution < -0.4 is 5.32 Å². The van der Waals surface area contributed by atoms with Crippen LogP contribution in [0.5, 0.6) is 0 Å². The van der Waals surface area contributed by atoms with Crippen LogP contribution in [0.2, 0.25) is 5.02 Å². The van der Waals surface area contributed by atoms with Gasteiger partial charge < -0.3 is 5.32 Å². The van der Waals surface area contributed by atoms with E-state index in [9.17, 15) is 0 Å². The summed E-state index contributed by atoms with van der Waals surface area (Å²) >= 11 is 5.84. The second-order valence-electron chi connectivity index (χ2n) is 4.64. The molecule has 0 aliphatic heterocycles. The molecule has 1 heterocycles. The SMILES string of the molecule is Clc1ccc(Nc2cccc3c2CCCC3)nc1. The zero-order valence-corrected chi connectivity index (χ0v) is 10.9. The summed E-state index contributed by atoms with van der Waals surface area (Å²) < 4.78 is 0. The van der Waals surface area contributed by atoms with E-state index in [1.807, 2.05) is 12.1 Å². The number of aryl methyl sites for hydroxylation is 1. The molecule has 92 valence electrons. The van der Waals surface area contributed by atoms with Crippen molar-refractivity contribution in [1.82, 2.24) is 4.98 Å². The highest BCUT2D eigenvalue weighted by Crippen LogP contribution is 2.29. The van der Waals surface area contributed by atoms with Gasteiger partial charge in [0.2, 0.25) is 0 Å². The van der Waals surface area contributed by atoms with Gasteiger partial charge in [-0.2, -0.15) is 0 Å². The summed E-state index contributed by atoms with van der Waals surface area (Å²) in [5, 5.41) is 4.05. The summed E-state index contributed by atoms with van der Waals surface area (Å²) in [6.07, 6.45) is 6.60. The van der Waals surface area contributed by atoms with Gasteiger partial charge in [-0.15, -0.1) is 0 Å². The Morgan fingerprint density at radius 1 is 1.06 bits per heavy atom. The fourth-order valence-corrected chi connectivity index (χ4v) is 2.60. The summed E-state index contributed by atoms with van der Waals surface area (Å²) in [4.78, 5) is 4.28. The van der Waals surface area contributed by atoms with E-state index in [-0.39, 0.29) is 0 Å². The number of rotatable bonds is 2. The van der Waals surface area contributed by atoms with Crippen LogP contribution in [0.1, 0.15) is 24.0 Å². The number of nitrogens with zero attached hydrogens (tertiary/aromatic N) is 1. The predicted octanol–water partition coefficient (Wildman–Crippen LogP) is 4.36. The Bertz CT molecular complexity index is 549. The van der Waals surface area contributed by atoms with Crippen molar-refractivity contribution in [3.8, 4) is 0 Å². The van der Waals surface area contributed by atoms with Gasteiger partial charge in [-0.05, 0) is 55.0 Å². The number of pyridine rings is 1. The molecule has 3 rings (SSSR count). The van der Waals surface area contributed by atoms with Gasteiger partial charge in [-0.1, -0.05) is 23.7 Å². The Morgan fingerprint density at radius 2 is 1.94 bits per heavy atom. The molecule has 0 fully saturated rings. The molecule has 1 aromatic heterocycles. The minimum atomic E-state index is 0.663. The molecule has 0 unspecified atom stereocenters. The molecular formula is C15H15ClN2. The molecule has 1 aliphatic carbocycles. The summed E-state index contributed by atoms with van der Waals surface area (Å²) in [6, 6.07) is 10.2. The molecule has 1 aliphatic rings. The molecule has 2 aromatic rings. The lowest BCUT2D eigenvalue weighted by atomic mass is 9.90. The minimum Gasteiger partial charge on any atom is -0.340 e. The summed E-state index contributed by atoms with van der Waals surface area (Å²) in [5.74, 6) is 0.846. The number of hydrogen-bond acceptors (Lipinski definition) is 2. The first-order valence-corrected chi connectivity index (χ1v) is 6.70. The zero-order chi connectivity index (χ0) is 12.4. The first-order valence-electron chi connectivity index (χ1n) is 6.32. The highest BCUT2D eigenvalue weighted by Gasteiger charge is 2.12. The number of hydrogen-bond donors (Lipinski definition) is 1. The number of halogens is 1. The van der Waals surface area contributed by atoms with Crippen LogP contribution in [0.3, 0.4) is 0 Å². The zero-order valence-electron chi connectivity index (χ0n) is 10.1. The van der Waals surface area contributed by atoms with Crippen molar-refractivity contribution in [2.24, 2.45) is 0 Å². The summed E-state index contributed by atoms with van der Waals surface area (Å²) in [6.45, 7) is 0. The van der Waals surface area contributed by atoms with Crippen LogP contribution in [0, 0.1) is 0 Å². The fourth-order valence-electron chi connectivity index (χ4n) is 2.49. The molecule has 3 heteroatoms. The minimum absolute atomic E-state index is 0.663. The first-order chi connectivity index (χ1) is 8.83. The van der Waals surface area contributed by atoms with E-state index in [0.717, 1.165) is 12.2 Å². The number of aromatic nitrogens is 1. The van der Waals surface area contributed by atoms with Gasteiger partial charge >= 0.3 is 0 Å². The second kappa shape index (κ2) is 4.99. The van der Waals surface area contributed by atoms with Gasteiger partial charge in [0.15, 0.2) is 0 Å². The van der Waals surface area contributed by atoms with E-state index >= 15 is 0 Å². The molecule has 18 heavy (non-hydrogen) atoms. The topological polar surface area (TPSA) is 24.9 Å². The van der Waals surface area contributed by atoms with Crippen molar-refractivity contribution < 1.29 is 0 Å². The van der Waals surface area contributed by atoms with Crippen molar-refractivity contribution in [2.45, 2.75) is 25.7 Å². The van der Waals surface area contributed by atoms with Gasteiger partial charge in [-0.25, -0.2) is 4.98 Å². The normalized spacial score (nSPS) is 14.1. The maximum absolute atomic E-state index is 5.84. The molecule has 2 nitrogen and oxygen atoms in total. The average Bonchev–Trinajstić information content (AvgIpc) is 2.42. The van der Waals surface area contributed by atoms with E-state index in [1.54, 1.807) is 6.20 Å². The Labute approximate surface area is 112 Å². The van der Waals surface area contributed by atoms with E-state index in [4.69, 9.17) is 11.6 Å². The van der Waals surface area contributed by atoms with E-state index in [1.165, 1.54) is 36.1 Å². The van der Waals surface area contributed by atoms with Crippen molar-refractivity contribution in [1.29, 1.82) is 0 Å². The van der Waals surface area contributed by atoms with Gasteiger partial charge in [0.1, 0.15) is 5.82 Å². The molecule has 0 amide bonds. The van der Waals surface area contributed by atoms with Crippen molar-refractivity contribution in [2.75, 3.05) is 5.32 Å². The maximum Gasteiger partial charge on any atom is 0.130 e. The predicted molar refractivity (Wildman–Crippen MR) is 75.6 cm³/mol. The third-order valence-electron chi connectivity index (χ3n) is 3.39. The largest absolute Gasteiger partial charge is 0.340 e. The lowest BCUT2D eigenvalue weighted by Gasteiger charge is -2.19. The quantitative estimate of drug-likeness (QED) is 0.866. The lowest BCUT2D eigenvalue weighted by Crippen LogP contribution is -2.06. The molecule has 1 aromatic carbocycles. The number of anilines is 2. The molecule has 0 bridgehead atoms. The van der Waals surface area contributed by atoms with E-state index < -0.39 is 0 Å². The fraction of sp³-hybridized carbons (Fsp3) is 0.267. The van der Waals surface area contributed by atoms with Crippen LogP contribution in [0.4, 0.5) is 11.5 Å². The molecule has 1 N–H and O–H groups in total. The Morgan fingerprint density at radius 3 is 2.78 bits per heavy atom. The smallest absolute Gasteiger partial charge is 0.130 e. The first kappa shape index (κ1) is 11.5. The molecule has 0 saturated carbocycles. The Balaban J connectivity index is 1.90. The molecular weight excluding hydrogens is 244 g/mol. The van der Waals surface area contributed by atoms with E-state index in [0.29, 0.717) is 5.02 Å². The lowest BCUT2D eigenvalue weighted by molar-refractivity contribution is 0.687. The number of benzene rings is 1. The highest BCUT2D eigenvalue weighted by atomic mass is 35.5. The van der Waals surface area contributed by atoms with Gasteiger partial charge in [0.25, 0.3) is 0 Å². The van der Waals surface area contributed by atoms with Crippen LogP contribution in [0.15, 0.2) is 36.5 Å². The molecule has 0 saturated heterocycles. The average molecular weight is 259 g/mol. The summed E-state index contributed by atoms with van der Waals surface area (Å²) in [7, 11) is 0. The van der Waals surface area contributed by atoms with Crippen LogP contribution in [0.25, 0.3) is 0 Å². The molecule has 0 radical (unpaired) electrons. The second-order valence-corrected chi connectivity index (χ2v) is 5.07.